The maximum atomic E-state index is 13.7. The summed E-state index contributed by atoms with van der Waals surface area (Å²) in [7, 11) is 0. The lowest BCUT2D eigenvalue weighted by molar-refractivity contribution is -0.675. The van der Waals surface area contributed by atoms with E-state index in [4.69, 9.17) is 0 Å². The van der Waals surface area contributed by atoms with E-state index in [1.54, 1.807) is 11.3 Å². The zero-order valence-electron chi connectivity index (χ0n) is 15.8. The predicted molar refractivity (Wildman–Crippen MR) is 108 cm³/mol. The van der Waals surface area contributed by atoms with Gasteiger partial charge in [0, 0.05) is 11.6 Å². The number of quaternary nitrogens is 1. The van der Waals surface area contributed by atoms with Crippen LogP contribution in [0, 0.1) is 11.6 Å². The minimum absolute atomic E-state index is 0.0377. The molecule has 1 atom stereocenters. The maximum absolute atomic E-state index is 13.7. The van der Waals surface area contributed by atoms with E-state index in [0.717, 1.165) is 28.6 Å². The fourth-order valence-electron chi connectivity index (χ4n) is 2.99. The summed E-state index contributed by atoms with van der Waals surface area (Å²) in [5.74, 6) is -1.19. The lowest BCUT2D eigenvalue weighted by Gasteiger charge is -2.16. The van der Waals surface area contributed by atoms with Crippen molar-refractivity contribution in [2.75, 3.05) is 11.9 Å². The highest BCUT2D eigenvalue weighted by molar-refractivity contribution is 7.10. The number of rotatable bonds is 7. The summed E-state index contributed by atoms with van der Waals surface area (Å²) in [5, 5.41) is 6.35. The van der Waals surface area contributed by atoms with Crippen LogP contribution in [0.3, 0.4) is 0 Å². The Bertz CT molecular complexity index is 924. The van der Waals surface area contributed by atoms with E-state index in [2.05, 4.69) is 43.4 Å². The van der Waals surface area contributed by atoms with E-state index in [0.29, 0.717) is 5.92 Å². The van der Waals surface area contributed by atoms with Gasteiger partial charge in [-0.2, -0.15) is 0 Å². The molecular formula is C22H23F2N2OS+. The highest BCUT2D eigenvalue weighted by Gasteiger charge is 2.21. The molecule has 0 fully saturated rings. The SMILES string of the molecule is CC(C)c1ccc([C@@H]([NH2+]CC(=O)Nc2cc(F)ccc2F)c2cccs2)cc1. The first-order chi connectivity index (χ1) is 13.4. The smallest absolute Gasteiger partial charge is 0.279 e. The summed E-state index contributed by atoms with van der Waals surface area (Å²) in [6.45, 7) is 4.38. The number of benzene rings is 2. The standard InChI is InChI=1S/C22H22F2N2OS/c1-14(2)15-5-7-16(8-6-15)22(20-4-3-11-28-20)25-13-21(27)26-19-12-17(23)9-10-18(19)24/h3-12,14,22,25H,13H2,1-2H3,(H,26,27)/p+1/t22-/m1/s1. The average Bonchev–Trinajstić information content (AvgIpc) is 3.20. The quantitative estimate of drug-likeness (QED) is 0.604. The Morgan fingerprint density at radius 1 is 1.07 bits per heavy atom. The number of anilines is 1. The maximum Gasteiger partial charge on any atom is 0.279 e. The van der Waals surface area contributed by atoms with Crippen molar-refractivity contribution in [3.63, 3.8) is 0 Å². The molecule has 28 heavy (non-hydrogen) atoms. The molecule has 0 aliphatic rings. The Morgan fingerprint density at radius 2 is 1.79 bits per heavy atom. The van der Waals surface area contributed by atoms with Gasteiger partial charge in [-0.25, -0.2) is 8.78 Å². The molecular weight excluding hydrogens is 378 g/mol. The van der Waals surface area contributed by atoms with Crippen LogP contribution in [-0.4, -0.2) is 12.5 Å². The third-order valence-electron chi connectivity index (χ3n) is 4.55. The summed E-state index contributed by atoms with van der Waals surface area (Å²) in [5.41, 5.74) is 2.21. The van der Waals surface area contributed by atoms with Gasteiger partial charge in [-0.3, -0.25) is 4.79 Å². The van der Waals surface area contributed by atoms with Crippen molar-refractivity contribution in [1.29, 1.82) is 0 Å². The molecule has 2 aromatic carbocycles. The lowest BCUT2D eigenvalue weighted by atomic mass is 9.98. The van der Waals surface area contributed by atoms with E-state index in [9.17, 15) is 13.6 Å². The van der Waals surface area contributed by atoms with Gasteiger partial charge >= 0.3 is 0 Å². The monoisotopic (exact) mass is 401 g/mol. The van der Waals surface area contributed by atoms with E-state index < -0.39 is 11.6 Å². The van der Waals surface area contributed by atoms with Crippen LogP contribution < -0.4 is 10.6 Å². The molecule has 0 radical (unpaired) electrons. The van der Waals surface area contributed by atoms with Crippen molar-refractivity contribution in [2.24, 2.45) is 0 Å². The van der Waals surface area contributed by atoms with Gasteiger partial charge in [0.15, 0.2) is 6.54 Å². The highest BCUT2D eigenvalue weighted by Crippen LogP contribution is 2.24. The number of carbonyl (C=O) groups is 1. The van der Waals surface area contributed by atoms with Gasteiger partial charge in [-0.15, -0.1) is 11.3 Å². The van der Waals surface area contributed by atoms with Gasteiger partial charge in [-0.1, -0.05) is 44.2 Å². The van der Waals surface area contributed by atoms with E-state index in [1.165, 1.54) is 5.56 Å². The number of thiophene rings is 1. The van der Waals surface area contributed by atoms with Gasteiger partial charge in [0.2, 0.25) is 0 Å². The summed E-state index contributed by atoms with van der Waals surface area (Å²) in [4.78, 5) is 13.4. The molecule has 0 unspecified atom stereocenters. The van der Waals surface area contributed by atoms with Crippen LogP contribution in [0.15, 0.2) is 60.0 Å². The van der Waals surface area contributed by atoms with E-state index in [-0.39, 0.29) is 24.2 Å². The molecule has 3 N–H and O–H groups in total. The lowest BCUT2D eigenvalue weighted by Crippen LogP contribution is -2.87. The topological polar surface area (TPSA) is 45.7 Å². The van der Waals surface area contributed by atoms with Crippen molar-refractivity contribution in [2.45, 2.75) is 25.8 Å². The molecule has 1 heterocycles. The van der Waals surface area contributed by atoms with Crippen LogP contribution in [0.2, 0.25) is 0 Å². The van der Waals surface area contributed by atoms with Gasteiger partial charge in [0.05, 0.1) is 10.6 Å². The molecule has 3 rings (SSSR count). The Balaban J connectivity index is 1.72. The van der Waals surface area contributed by atoms with Crippen molar-refractivity contribution in [3.05, 3.63) is 87.6 Å². The fraction of sp³-hybridized carbons (Fsp3) is 0.227. The molecule has 0 aliphatic heterocycles. The average molecular weight is 402 g/mol. The number of nitrogens with two attached hydrogens (primary N) is 1. The molecule has 3 aromatic rings. The number of halogens is 2. The van der Waals surface area contributed by atoms with E-state index in [1.807, 2.05) is 22.8 Å². The number of nitrogens with one attached hydrogen (secondary N) is 1. The number of hydrogen-bond acceptors (Lipinski definition) is 2. The third-order valence-corrected chi connectivity index (χ3v) is 5.51. The Morgan fingerprint density at radius 3 is 2.43 bits per heavy atom. The first-order valence-corrected chi connectivity index (χ1v) is 10.0. The second-order valence-corrected chi connectivity index (χ2v) is 7.91. The van der Waals surface area contributed by atoms with Crippen molar-refractivity contribution < 1.29 is 18.9 Å². The van der Waals surface area contributed by atoms with Crippen LogP contribution in [-0.2, 0) is 4.79 Å². The molecule has 146 valence electrons. The molecule has 0 saturated carbocycles. The number of carbonyl (C=O) groups excluding carboxylic acids is 1. The second kappa shape index (κ2) is 9.08. The van der Waals surface area contributed by atoms with Gasteiger partial charge < -0.3 is 10.6 Å². The van der Waals surface area contributed by atoms with Crippen LogP contribution in [0.1, 0.15) is 41.8 Å². The Labute approximate surface area is 167 Å². The predicted octanol–water partition coefficient (Wildman–Crippen LogP) is 4.44. The molecule has 0 spiro atoms. The number of amides is 1. The molecule has 0 saturated heterocycles. The fourth-order valence-corrected chi connectivity index (χ4v) is 3.84. The summed E-state index contributed by atoms with van der Waals surface area (Å²) < 4.78 is 27.0. The molecule has 6 heteroatoms. The van der Waals surface area contributed by atoms with Gasteiger partial charge in [0.25, 0.3) is 5.91 Å². The first kappa shape index (κ1) is 20.2. The zero-order chi connectivity index (χ0) is 20.1. The minimum atomic E-state index is -0.658. The van der Waals surface area contributed by atoms with Crippen LogP contribution in [0.25, 0.3) is 0 Å². The Kier molecular flexibility index (Phi) is 6.54. The van der Waals surface area contributed by atoms with Gasteiger partial charge in [-0.05, 0) is 35.1 Å². The van der Waals surface area contributed by atoms with Crippen LogP contribution in [0.5, 0.6) is 0 Å². The molecule has 3 nitrogen and oxygen atoms in total. The highest BCUT2D eigenvalue weighted by atomic mass is 32.1. The summed E-state index contributed by atoms with van der Waals surface area (Å²) in [6, 6.07) is 15.4. The van der Waals surface area contributed by atoms with E-state index >= 15 is 0 Å². The number of hydrogen-bond donors (Lipinski definition) is 2. The summed E-state index contributed by atoms with van der Waals surface area (Å²) in [6.07, 6.45) is 0. The second-order valence-electron chi connectivity index (χ2n) is 6.93. The Hall–Kier alpha value is -2.57. The van der Waals surface area contributed by atoms with Crippen LogP contribution >= 0.6 is 11.3 Å². The first-order valence-electron chi connectivity index (χ1n) is 9.15. The largest absolute Gasteiger partial charge is 0.328 e. The zero-order valence-corrected chi connectivity index (χ0v) is 16.6. The van der Waals surface area contributed by atoms with Crippen molar-refractivity contribution in [3.8, 4) is 0 Å². The normalized spacial score (nSPS) is 12.2. The van der Waals surface area contributed by atoms with Crippen LogP contribution in [0.4, 0.5) is 14.5 Å². The molecule has 1 amide bonds. The minimum Gasteiger partial charge on any atom is -0.328 e. The molecule has 0 bridgehead atoms. The van der Waals surface area contributed by atoms with Gasteiger partial charge in [0.1, 0.15) is 17.7 Å². The molecule has 1 aromatic heterocycles. The summed E-state index contributed by atoms with van der Waals surface area (Å²) >= 11 is 1.62. The van der Waals surface area contributed by atoms with Crippen molar-refractivity contribution in [1.82, 2.24) is 0 Å². The molecule has 0 aliphatic carbocycles. The third kappa shape index (κ3) is 5.03. The van der Waals surface area contributed by atoms with Crippen molar-refractivity contribution >= 4 is 22.9 Å².